The van der Waals surface area contributed by atoms with Gasteiger partial charge in [-0.2, -0.15) is 0 Å². The number of sulfonamides is 2. The molecule has 0 spiro atoms. The van der Waals surface area contributed by atoms with Crippen LogP contribution in [0.15, 0.2) is 40.1 Å². The van der Waals surface area contributed by atoms with Crippen LogP contribution in [0.1, 0.15) is 11.1 Å². The molecule has 0 heterocycles. The lowest BCUT2D eigenvalue weighted by molar-refractivity contribution is 0.596. The third-order valence-corrected chi connectivity index (χ3v) is 6.73. The number of halogens is 2. The van der Waals surface area contributed by atoms with Crippen LogP contribution >= 0.6 is 23.2 Å². The molecule has 2 aromatic carbocycles. The van der Waals surface area contributed by atoms with Crippen LogP contribution in [0, 0.1) is 13.8 Å². The van der Waals surface area contributed by atoms with Crippen molar-refractivity contribution in [3.8, 4) is 0 Å². The third-order valence-electron chi connectivity index (χ3n) is 3.27. The summed E-state index contributed by atoms with van der Waals surface area (Å²) in [5.41, 5.74) is 0.836. The van der Waals surface area contributed by atoms with Gasteiger partial charge < -0.3 is 0 Å². The molecule has 2 rings (SSSR count). The van der Waals surface area contributed by atoms with Crippen molar-refractivity contribution in [3.63, 3.8) is 0 Å². The van der Waals surface area contributed by atoms with E-state index in [2.05, 4.69) is 4.72 Å². The molecule has 0 aliphatic heterocycles. The summed E-state index contributed by atoms with van der Waals surface area (Å²) in [6.45, 7) is 3.16. The summed E-state index contributed by atoms with van der Waals surface area (Å²) in [7, 11) is -8.04. The van der Waals surface area contributed by atoms with E-state index in [1.807, 2.05) is 0 Å². The zero-order chi connectivity index (χ0) is 18.3. The lowest BCUT2D eigenvalue weighted by Gasteiger charge is -2.15. The molecule has 0 aliphatic carbocycles. The van der Waals surface area contributed by atoms with Crippen LogP contribution in [0.3, 0.4) is 0 Å². The van der Waals surface area contributed by atoms with E-state index in [9.17, 15) is 16.8 Å². The highest BCUT2D eigenvalue weighted by Gasteiger charge is 2.24. The standard InChI is InChI=1S/C14H14Cl2N2O4S2/c1-8-6-12(15)9(2)14(13(8)16)24(21,22)18-10-4-3-5-11(7-10)23(17,19)20/h3-7,18H,1-2H3,(H2,17,19,20). The zero-order valence-electron chi connectivity index (χ0n) is 12.7. The van der Waals surface area contributed by atoms with E-state index in [0.29, 0.717) is 11.1 Å². The summed E-state index contributed by atoms with van der Waals surface area (Å²) in [4.78, 5) is -0.372. The van der Waals surface area contributed by atoms with Gasteiger partial charge in [-0.25, -0.2) is 22.0 Å². The molecule has 6 nitrogen and oxygen atoms in total. The van der Waals surface area contributed by atoms with Gasteiger partial charge in [0.25, 0.3) is 10.0 Å². The molecule has 0 unspecified atom stereocenters. The Morgan fingerprint density at radius 1 is 1.04 bits per heavy atom. The number of rotatable bonds is 4. The molecule has 10 heteroatoms. The van der Waals surface area contributed by atoms with Gasteiger partial charge >= 0.3 is 0 Å². The first kappa shape index (κ1) is 19.0. The number of nitrogens with one attached hydrogen (secondary N) is 1. The normalized spacial score (nSPS) is 12.2. The maximum absolute atomic E-state index is 12.7. The van der Waals surface area contributed by atoms with Gasteiger partial charge in [0.1, 0.15) is 4.90 Å². The molecule has 2 aromatic rings. The average Bonchev–Trinajstić information content (AvgIpc) is 2.44. The largest absolute Gasteiger partial charge is 0.280 e. The molecule has 0 atom stereocenters. The van der Waals surface area contributed by atoms with Crippen molar-refractivity contribution >= 4 is 48.9 Å². The summed E-state index contributed by atoms with van der Waals surface area (Å²) in [5.74, 6) is 0. The molecular formula is C14H14Cl2N2O4S2. The van der Waals surface area contributed by atoms with E-state index in [0.717, 1.165) is 6.07 Å². The number of anilines is 1. The lowest BCUT2D eigenvalue weighted by Crippen LogP contribution is -2.17. The van der Waals surface area contributed by atoms with Crippen molar-refractivity contribution in [1.29, 1.82) is 0 Å². The van der Waals surface area contributed by atoms with Gasteiger partial charge in [-0.15, -0.1) is 0 Å². The fourth-order valence-electron chi connectivity index (χ4n) is 2.08. The van der Waals surface area contributed by atoms with Crippen LogP contribution in [0.4, 0.5) is 5.69 Å². The van der Waals surface area contributed by atoms with E-state index in [4.69, 9.17) is 28.3 Å². The Bertz CT molecular complexity index is 993. The minimum Gasteiger partial charge on any atom is -0.280 e. The molecule has 130 valence electrons. The van der Waals surface area contributed by atoms with Gasteiger partial charge in [-0.1, -0.05) is 29.3 Å². The molecule has 0 bridgehead atoms. The monoisotopic (exact) mass is 408 g/mol. The first-order valence-electron chi connectivity index (χ1n) is 6.54. The molecule has 0 saturated heterocycles. The molecule has 0 aromatic heterocycles. The second-order valence-electron chi connectivity index (χ2n) is 5.12. The maximum Gasteiger partial charge on any atom is 0.263 e. The number of primary sulfonamides is 1. The number of hydrogen-bond donors (Lipinski definition) is 2. The van der Waals surface area contributed by atoms with Gasteiger partial charge in [0, 0.05) is 5.02 Å². The van der Waals surface area contributed by atoms with Crippen LogP contribution in [0.2, 0.25) is 10.0 Å². The Kier molecular flexibility index (Phi) is 5.17. The van der Waals surface area contributed by atoms with E-state index in [-0.39, 0.29) is 25.5 Å². The predicted molar refractivity (Wildman–Crippen MR) is 94.6 cm³/mol. The SMILES string of the molecule is Cc1cc(Cl)c(C)c(S(=O)(=O)Nc2cccc(S(N)(=O)=O)c2)c1Cl. The lowest BCUT2D eigenvalue weighted by atomic mass is 10.2. The van der Waals surface area contributed by atoms with E-state index < -0.39 is 20.0 Å². The summed E-state index contributed by atoms with van der Waals surface area (Å²) >= 11 is 12.2. The fraction of sp³-hybridized carbons (Fsp3) is 0.143. The minimum absolute atomic E-state index is 0.0367. The van der Waals surface area contributed by atoms with Crippen molar-refractivity contribution in [3.05, 3.63) is 51.5 Å². The smallest absolute Gasteiger partial charge is 0.263 e. The zero-order valence-corrected chi connectivity index (χ0v) is 15.8. The van der Waals surface area contributed by atoms with Crippen LogP contribution in [0.25, 0.3) is 0 Å². The van der Waals surface area contributed by atoms with Crippen LogP contribution in [-0.4, -0.2) is 16.8 Å². The quantitative estimate of drug-likeness (QED) is 0.809. The maximum atomic E-state index is 12.7. The number of aryl methyl sites for hydroxylation is 1. The van der Waals surface area contributed by atoms with Gasteiger partial charge in [-0.05, 0) is 49.2 Å². The molecule has 0 aliphatic rings. The van der Waals surface area contributed by atoms with E-state index in [1.165, 1.54) is 25.1 Å². The van der Waals surface area contributed by atoms with Gasteiger partial charge in [0.05, 0.1) is 15.6 Å². The Morgan fingerprint density at radius 2 is 1.67 bits per heavy atom. The Morgan fingerprint density at radius 3 is 2.25 bits per heavy atom. The Labute approximate surface area is 150 Å². The highest BCUT2D eigenvalue weighted by atomic mass is 35.5. The number of benzene rings is 2. The second-order valence-corrected chi connectivity index (χ2v) is 9.09. The Hall–Kier alpha value is -1.32. The van der Waals surface area contributed by atoms with Crippen molar-refractivity contribution in [2.24, 2.45) is 5.14 Å². The summed E-state index contributed by atoms with van der Waals surface area (Å²) < 4.78 is 50.4. The molecule has 0 amide bonds. The summed E-state index contributed by atoms with van der Waals surface area (Å²) in [6.07, 6.45) is 0. The average molecular weight is 409 g/mol. The molecular weight excluding hydrogens is 395 g/mol. The summed E-state index contributed by atoms with van der Waals surface area (Å²) in [6, 6.07) is 6.71. The second kappa shape index (κ2) is 6.53. The van der Waals surface area contributed by atoms with Crippen molar-refractivity contribution < 1.29 is 16.8 Å². The van der Waals surface area contributed by atoms with E-state index >= 15 is 0 Å². The molecule has 0 saturated carbocycles. The highest BCUT2D eigenvalue weighted by Crippen LogP contribution is 2.34. The summed E-state index contributed by atoms with van der Waals surface area (Å²) in [5, 5.41) is 5.35. The predicted octanol–water partition coefficient (Wildman–Crippen LogP) is 3.06. The van der Waals surface area contributed by atoms with Crippen LogP contribution in [-0.2, 0) is 20.0 Å². The number of nitrogens with two attached hydrogens (primary N) is 1. The van der Waals surface area contributed by atoms with Gasteiger partial charge in [0.2, 0.25) is 10.0 Å². The van der Waals surface area contributed by atoms with Crippen molar-refractivity contribution in [2.45, 2.75) is 23.6 Å². The van der Waals surface area contributed by atoms with Gasteiger partial charge in [-0.3, -0.25) is 4.72 Å². The van der Waals surface area contributed by atoms with Crippen LogP contribution in [0.5, 0.6) is 0 Å². The Balaban J connectivity index is 2.55. The van der Waals surface area contributed by atoms with Gasteiger partial charge in [0.15, 0.2) is 0 Å². The minimum atomic E-state index is -4.08. The molecule has 0 radical (unpaired) electrons. The third kappa shape index (κ3) is 3.84. The number of hydrogen-bond acceptors (Lipinski definition) is 4. The topological polar surface area (TPSA) is 106 Å². The first-order valence-corrected chi connectivity index (χ1v) is 10.3. The fourth-order valence-corrected chi connectivity index (χ4v) is 4.90. The molecule has 24 heavy (non-hydrogen) atoms. The van der Waals surface area contributed by atoms with Crippen LogP contribution < -0.4 is 9.86 Å². The molecule has 3 N–H and O–H groups in total. The van der Waals surface area contributed by atoms with Crippen molar-refractivity contribution in [2.75, 3.05) is 4.72 Å². The van der Waals surface area contributed by atoms with Crippen molar-refractivity contribution in [1.82, 2.24) is 0 Å². The molecule has 0 fully saturated rings. The first-order chi connectivity index (χ1) is 10.9. The van der Waals surface area contributed by atoms with E-state index in [1.54, 1.807) is 13.0 Å². The highest BCUT2D eigenvalue weighted by molar-refractivity contribution is 7.93.